The first kappa shape index (κ1) is 6.81. The average Bonchev–Trinajstić information content (AvgIpc) is 2.09. The van der Waals surface area contributed by atoms with E-state index in [9.17, 15) is 4.79 Å². The van der Waals surface area contributed by atoms with Crippen molar-refractivity contribution in [3.8, 4) is 0 Å². The minimum atomic E-state index is -0.0695. The number of carbonyl (C=O) groups is 1. The van der Waals surface area contributed by atoms with Gasteiger partial charge >= 0.3 is 0 Å². The summed E-state index contributed by atoms with van der Waals surface area (Å²) in [6.07, 6.45) is 1.63. The second kappa shape index (κ2) is 2.14. The van der Waals surface area contributed by atoms with E-state index in [4.69, 9.17) is 0 Å². The van der Waals surface area contributed by atoms with Gasteiger partial charge in [-0.3, -0.25) is 4.79 Å². The van der Waals surface area contributed by atoms with Gasteiger partial charge in [-0.15, -0.1) is 0 Å². The van der Waals surface area contributed by atoms with Crippen LogP contribution >= 0.6 is 0 Å². The monoisotopic (exact) mass is 135 g/mol. The fourth-order valence-corrected chi connectivity index (χ4v) is 0.923. The SMILES string of the molecule is C=CC1=C(C)C(=O)NC1=C. The number of nitrogens with one attached hydrogen (secondary N) is 1. The first-order valence-corrected chi connectivity index (χ1v) is 3.00. The van der Waals surface area contributed by atoms with Gasteiger partial charge in [0.1, 0.15) is 0 Å². The van der Waals surface area contributed by atoms with Gasteiger partial charge in [-0.05, 0) is 6.92 Å². The molecule has 0 aromatic carbocycles. The van der Waals surface area contributed by atoms with Crippen molar-refractivity contribution in [1.82, 2.24) is 5.32 Å². The second-order valence-corrected chi connectivity index (χ2v) is 2.18. The molecule has 0 radical (unpaired) electrons. The van der Waals surface area contributed by atoms with Crippen molar-refractivity contribution in [2.75, 3.05) is 0 Å². The van der Waals surface area contributed by atoms with Crippen LogP contribution in [0.25, 0.3) is 0 Å². The highest BCUT2D eigenvalue weighted by Gasteiger charge is 2.18. The van der Waals surface area contributed by atoms with E-state index in [2.05, 4.69) is 18.5 Å². The summed E-state index contributed by atoms with van der Waals surface area (Å²) in [5.41, 5.74) is 2.17. The maximum atomic E-state index is 10.9. The Hall–Kier alpha value is -1.31. The van der Waals surface area contributed by atoms with E-state index in [-0.39, 0.29) is 5.91 Å². The number of amides is 1. The molecule has 0 aromatic heterocycles. The molecule has 1 N–H and O–H groups in total. The Morgan fingerprint density at radius 3 is 2.40 bits per heavy atom. The van der Waals surface area contributed by atoms with E-state index in [1.54, 1.807) is 13.0 Å². The van der Waals surface area contributed by atoms with Crippen molar-refractivity contribution in [2.45, 2.75) is 6.92 Å². The molecule has 10 heavy (non-hydrogen) atoms. The van der Waals surface area contributed by atoms with Crippen LogP contribution < -0.4 is 5.32 Å². The van der Waals surface area contributed by atoms with E-state index in [0.717, 1.165) is 5.57 Å². The zero-order valence-electron chi connectivity index (χ0n) is 5.90. The van der Waals surface area contributed by atoms with Crippen molar-refractivity contribution < 1.29 is 4.79 Å². The summed E-state index contributed by atoms with van der Waals surface area (Å²) in [5.74, 6) is -0.0695. The lowest BCUT2D eigenvalue weighted by atomic mass is 10.1. The van der Waals surface area contributed by atoms with Crippen LogP contribution in [0.1, 0.15) is 6.92 Å². The molecule has 1 amide bonds. The predicted octanol–water partition coefficient (Wildman–Crippen LogP) is 1.13. The van der Waals surface area contributed by atoms with Gasteiger partial charge in [0.2, 0.25) is 0 Å². The summed E-state index contributed by atoms with van der Waals surface area (Å²) >= 11 is 0. The third kappa shape index (κ3) is 0.778. The van der Waals surface area contributed by atoms with Gasteiger partial charge in [-0.25, -0.2) is 0 Å². The summed E-state index contributed by atoms with van der Waals surface area (Å²) < 4.78 is 0. The Balaban J connectivity index is 3.13. The molecule has 0 spiro atoms. The molecule has 0 saturated carbocycles. The first-order chi connectivity index (χ1) is 4.66. The molecule has 0 saturated heterocycles. The standard InChI is InChI=1S/C8H9NO/c1-4-7-5(2)8(10)9-6(7)3/h4H,1,3H2,2H3,(H,9,10). The highest BCUT2D eigenvalue weighted by Crippen LogP contribution is 2.18. The quantitative estimate of drug-likeness (QED) is 0.573. The molecule has 0 aromatic rings. The van der Waals surface area contributed by atoms with Crippen molar-refractivity contribution in [3.05, 3.63) is 36.1 Å². The minimum Gasteiger partial charge on any atom is -0.322 e. The molecule has 0 unspecified atom stereocenters. The van der Waals surface area contributed by atoms with Crippen LogP contribution in [0.2, 0.25) is 0 Å². The van der Waals surface area contributed by atoms with Crippen LogP contribution in [0.4, 0.5) is 0 Å². The van der Waals surface area contributed by atoms with Crippen LogP contribution in [0.3, 0.4) is 0 Å². The number of hydrogen-bond donors (Lipinski definition) is 1. The molecule has 0 fully saturated rings. The van der Waals surface area contributed by atoms with Gasteiger partial charge in [-0.1, -0.05) is 19.2 Å². The molecule has 1 aliphatic heterocycles. The molecule has 2 heteroatoms. The van der Waals surface area contributed by atoms with Crippen molar-refractivity contribution in [3.63, 3.8) is 0 Å². The zero-order chi connectivity index (χ0) is 7.72. The van der Waals surface area contributed by atoms with Gasteiger partial charge in [-0.2, -0.15) is 0 Å². The molecule has 0 bridgehead atoms. The van der Waals surface area contributed by atoms with E-state index in [0.29, 0.717) is 11.3 Å². The predicted molar refractivity (Wildman–Crippen MR) is 40.2 cm³/mol. The third-order valence-corrected chi connectivity index (χ3v) is 1.54. The maximum absolute atomic E-state index is 10.9. The fourth-order valence-electron chi connectivity index (χ4n) is 0.923. The van der Waals surface area contributed by atoms with E-state index in [1.807, 2.05) is 0 Å². The topological polar surface area (TPSA) is 29.1 Å². The van der Waals surface area contributed by atoms with Crippen molar-refractivity contribution in [1.29, 1.82) is 0 Å². The Bertz CT molecular complexity index is 248. The van der Waals surface area contributed by atoms with Crippen LogP contribution in [0.5, 0.6) is 0 Å². The van der Waals surface area contributed by atoms with Gasteiger partial charge in [0, 0.05) is 16.8 Å². The Morgan fingerprint density at radius 2 is 2.20 bits per heavy atom. The number of allylic oxidation sites excluding steroid dienone is 1. The number of carbonyl (C=O) groups excluding carboxylic acids is 1. The van der Waals surface area contributed by atoms with Crippen LogP contribution in [-0.2, 0) is 4.79 Å². The van der Waals surface area contributed by atoms with E-state index < -0.39 is 0 Å². The maximum Gasteiger partial charge on any atom is 0.251 e. The van der Waals surface area contributed by atoms with Crippen LogP contribution in [-0.4, -0.2) is 5.91 Å². The normalized spacial score (nSPS) is 17.7. The summed E-state index contributed by atoms with van der Waals surface area (Å²) in [6.45, 7) is 8.97. The first-order valence-electron chi connectivity index (χ1n) is 3.00. The van der Waals surface area contributed by atoms with E-state index in [1.165, 1.54) is 0 Å². The fraction of sp³-hybridized carbons (Fsp3) is 0.125. The lowest BCUT2D eigenvalue weighted by molar-refractivity contribution is -0.116. The molecule has 52 valence electrons. The molecular weight excluding hydrogens is 126 g/mol. The summed E-state index contributed by atoms with van der Waals surface area (Å²) in [4.78, 5) is 10.9. The smallest absolute Gasteiger partial charge is 0.251 e. The molecule has 2 nitrogen and oxygen atoms in total. The molecule has 1 aliphatic rings. The van der Waals surface area contributed by atoms with Gasteiger partial charge in [0.15, 0.2) is 0 Å². The molecule has 0 aliphatic carbocycles. The zero-order valence-corrected chi connectivity index (χ0v) is 5.90. The Labute approximate surface area is 59.9 Å². The lowest BCUT2D eigenvalue weighted by Crippen LogP contribution is -2.14. The molecule has 1 heterocycles. The summed E-state index contributed by atoms with van der Waals surface area (Å²) in [7, 11) is 0. The van der Waals surface area contributed by atoms with Crippen LogP contribution in [0, 0.1) is 0 Å². The lowest BCUT2D eigenvalue weighted by Gasteiger charge is -1.93. The largest absolute Gasteiger partial charge is 0.322 e. The summed E-state index contributed by atoms with van der Waals surface area (Å²) in [6, 6.07) is 0. The average molecular weight is 135 g/mol. The second-order valence-electron chi connectivity index (χ2n) is 2.18. The molecule has 1 rings (SSSR count). The van der Waals surface area contributed by atoms with Crippen LogP contribution in [0.15, 0.2) is 36.1 Å². The van der Waals surface area contributed by atoms with Gasteiger partial charge in [0.05, 0.1) is 0 Å². The molecular formula is C8H9NO. The molecule has 0 atom stereocenters. The Morgan fingerprint density at radius 1 is 1.60 bits per heavy atom. The van der Waals surface area contributed by atoms with Gasteiger partial charge < -0.3 is 5.32 Å². The highest BCUT2D eigenvalue weighted by molar-refractivity contribution is 6.00. The summed E-state index contributed by atoms with van der Waals surface area (Å²) in [5, 5.41) is 2.59. The third-order valence-electron chi connectivity index (χ3n) is 1.54. The number of rotatable bonds is 1. The number of hydrogen-bond acceptors (Lipinski definition) is 1. The van der Waals surface area contributed by atoms with Crippen molar-refractivity contribution in [2.24, 2.45) is 0 Å². The highest BCUT2D eigenvalue weighted by atomic mass is 16.1. The minimum absolute atomic E-state index is 0.0695. The van der Waals surface area contributed by atoms with Gasteiger partial charge in [0.25, 0.3) is 5.91 Å². The van der Waals surface area contributed by atoms with E-state index >= 15 is 0 Å². The van der Waals surface area contributed by atoms with Crippen molar-refractivity contribution >= 4 is 5.91 Å². The Kier molecular flexibility index (Phi) is 1.45.